The van der Waals surface area contributed by atoms with Gasteiger partial charge in [-0.05, 0) is 6.42 Å². The van der Waals surface area contributed by atoms with Gasteiger partial charge in [-0.25, -0.2) is 14.4 Å². The largest absolute Gasteiger partial charge is 0.381 e. The van der Waals surface area contributed by atoms with Gasteiger partial charge in [-0.2, -0.15) is 0 Å². The van der Waals surface area contributed by atoms with Crippen molar-refractivity contribution in [1.82, 2.24) is 9.97 Å². The monoisotopic (exact) mass is 269 g/mol. The zero-order valence-corrected chi connectivity index (χ0v) is 11.4. The Bertz CT molecular complexity index is 422. The van der Waals surface area contributed by atoms with Gasteiger partial charge in [-0.3, -0.25) is 0 Å². The highest BCUT2D eigenvalue weighted by atomic mass is 19.1. The maximum absolute atomic E-state index is 14.0. The Morgan fingerprint density at radius 1 is 1.42 bits per heavy atom. The summed E-state index contributed by atoms with van der Waals surface area (Å²) >= 11 is 0. The van der Waals surface area contributed by atoms with Crippen molar-refractivity contribution >= 4 is 5.82 Å². The molecule has 106 valence electrons. The molecule has 0 atom stereocenters. The average Bonchev–Trinajstić information content (AvgIpc) is 2.47. The zero-order valence-electron chi connectivity index (χ0n) is 11.4. The van der Waals surface area contributed by atoms with Gasteiger partial charge in [-0.1, -0.05) is 6.92 Å². The van der Waals surface area contributed by atoms with Crippen molar-refractivity contribution in [3.8, 4) is 0 Å². The fourth-order valence-corrected chi connectivity index (χ4v) is 2.22. The molecule has 1 saturated heterocycles. The molecule has 1 N–H and O–H groups in total. The molecule has 2 rings (SSSR count). The van der Waals surface area contributed by atoms with E-state index in [0.29, 0.717) is 31.9 Å². The molecular weight excluding hydrogens is 249 g/mol. The van der Waals surface area contributed by atoms with Crippen LogP contribution in [0.15, 0.2) is 6.33 Å². The molecule has 1 aliphatic heterocycles. The Kier molecular flexibility index (Phi) is 4.66. The summed E-state index contributed by atoms with van der Waals surface area (Å²) in [6.45, 7) is 3.72. The van der Waals surface area contributed by atoms with Crippen molar-refractivity contribution in [1.29, 1.82) is 0 Å². The Labute approximate surface area is 112 Å². The van der Waals surface area contributed by atoms with E-state index in [0.717, 1.165) is 12.8 Å². The van der Waals surface area contributed by atoms with Crippen LogP contribution in [-0.4, -0.2) is 42.4 Å². The second-order valence-electron chi connectivity index (χ2n) is 4.69. The maximum Gasteiger partial charge on any atom is 0.186 e. The van der Waals surface area contributed by atoms with Crippen LogP contribution >= 0.6 is 0 Å². The first-order chi connectivity index (χ1) is 9.21. The van der Waals surface area contributed by atoms with Gasteiger partial charge >= 0.3 is 0 Å². The van der Waals surface area contributed by atoms with E-state index < -0.39 is 0 Å². The predicted octanol–water partition coefficient (Wildman–Crippen LogP) is 1.79. The number of nitrogens with zero attached hydrogens (tertiary/aromatic N) is 2. The van der Waals surface area contributed by atoms with Gasteiger partial charge in [0.2, 0.25) is 0 Å². The third-order valence-electron chi connectivity index (χ3n) is 3.61. The first-order valence-electron chi connectivity index (χ1n) is 6.57. The summed E-state index contributed by atoms with van der Waals surface area (Å²) in [5, 5.41) is 3.04. The third-order valence-corrected chi connectivity index (χ3v) is 3.61. The van der Waals surface area contributed by atoms with Gasteiger partial charge < -0.3 is 14.8 Å². The lowest BCUT2D eigenvalue weighted by molar-refractivity contribution is -0.0807. The number of aromatic nitrogens is 2. The van der Waals surface area contributed by atoms with Crippen LogP contribution in [0.3, 0.4) is 0 Å². The van der Waals surface area contributed by atoms with Crippen LogP contribution in [0.2, 0.25) is 0 Å². The van der Waals surface area contributed by atoms with Crippen molar-refractivity contribution in [2.45, 2.75) is 31.8 Å². The lowest BCUT2D eigenvalue weighted by atomic mass is 9.94. The Morgan fingerprint density at radius 3 is 2.79 bits per heavy atom. The number of aryl methyl sites for hydroxylation is 1. The van der Waals surface area contributed by atoms with Gasteiger partial charge in [0.25, 0.3) is 0 Å². The van der Waals surface area contributed by atoms with Crippen LogP contribution in [0.1, 0.15) is 25.5 Å². The molecule has 6 heteroatoms. The van der Waals surface area contributed by atoms with Crippen LogP contribution < -0.4 is 5.32 Å². The second-order valence-corrected chi connectivity index (χ2v) is 4.69. The summed E-state index contributed by atoms with van der Waals surface area (Å²) in [7, 11) is 1.68. The van der Waals surface area contributed by atoms with Crippen LogP contribution in [0, 0.1) is 5.82 Å². The molecule has 5 nitrogen and oxygen atoms in total. The van der Waals surface area contributed by atoms with Gasteiger partial charge in [0.05, 0.1) is 11.3 Å². The van der Waals surface area contributed by atoms with Crippen molar-refractivity contribution in [3.05, 3.63) is 17.8 Å². The second kappa shape index (κ2) is 6.25. The molecule has 0 aromatic carbocycles. The Balaban J connectivity index is 2.05. The van der Waals surface area contributed by atoms with Gasteiger partial charge in [0.1, 0.15) is 6.33 Å². The number of anilines is 1. The summed E-state index contributed by atoms with van der Waals surface area (Å²) in [5.74, 6) is -0.127. The molecule has 0 unspecified atom stereocenters. The van der Waals surface area contributed by atoms with Crippen LogP contribution in [0.25, 0.3) is 0 Å². The van der Waals surface area contributed by atoms with E-state index in [1.54, 1.807) is 7.11 Å². The number of nitrogens with one attached hydrogen (secondary N) is 1. The molecule has 19 heavy (non-hydrogen) atoms. The summed E-state index contributed by atoms with van der Waals surface area (Å²) in [6.07, 6.45) is 3.52. The highest BCUT2D eigenvalue weighted by molar-refractivity contribution is 5.37. The fourth-order valence-electron chi connectivity index (χ4n) is 2.22. The van der Waals surface area contributed by atoms with Crippen LogP contribution in [0.5, 0.6) is 0 Å². The minimum Gasteiger partial charge on any atom is -0.381 e. The van der Waals surface area contributed by atoms with E-state index in [9.17, 15) is 4.39 Å². The fraction of sp³-hybridized carbons (Fsp3) is 0.692. The van der Waals surface area contributed by atoms with Crippen LogP contribution in [-0.2, 0) is 15.9 Å². The van der Waals surface area contributed by atoms with Gasteiger partial charge in [0, 0.05) is 39.7 Å². The highest BCUT2D eigenvalue weighted by Gasteiger charge is 2.32. The summed E-state index contributed by atoms with van der Waals surface area (Å²) < 4.78 is 24.9. The standard InChI is InChI=1S/C13H20FN3O2/c1-3-10-11(14)12(17-9-16-10)15-8-13(18-2)4-6-19-7-5-13/h9H,3-8H2,1-2H3,(H,15,16,17). The topological polar surface area (TPSA) is 56.3 Å². The number of rotatable bonds is 5. The SMILES string of the molecule is CCc1ncnc(NCC2(OC)CCOCC2)c1F. The normalized spacial score (nSPS) is 18.3. The molecule has 1 aromatic heterocycles. The number of hydrogen-bond acceptors (Lipinski definition) is 5. The molecule has 0 radical (unpaired) electrons. The number of methoxy groups -OCH3 is 1. The molecule has 0 amide bonds. The van der Waals surface area contributed by atoms with E-state index in [-0.39, 0.29) is 17.2 Å². The molecule has 1 aliphatic rings. The smallest absolute Gasteiger partial charge is 0.186 e. The van der Waals surface area contributed by atoms with E-state index in [2.05, 4.69) is 15.3 Å². The van der Waals surface area contributed by atoms with E-state index in [4.69, 9.17) is 9.47 Å². The Morgan fingerprint density at radius 2 is 2.16 bits per heavy atom. The van der Waals surface area contributed by atoms with Crippen molar-refractivity contribution in [2.24, 2.45) is 0 Å². The molecule has 2 heterocycles. The van der Waals surface area contributed by atoms with E-state index in [1.807, 2.05) is 6.92 Å². The van der Waals surface area contributed by atoms with Gasteiger partial charge in [-0.15, -0.1) is 0 Å². The molecule has 0 saturated carbocycles. The highest BCUT2D eigenvalue weighted by Crippen LogP contribution is 2.25. The summed E-state index contributed by atoms with van der Waals surface area (Å²) in [6, 6.07) is 0. The third kappa shape index (κ3) is 3.19. The summed E-state index contributed by atoms with van der Waals surface area (Å²) in [5.41, 5.74) is 0.123. The summed E-state index contributed by atoms with van der Waals surface area (Å²) in [4.78, 5) is 7.86. The zero-order chi connectivity index (χ0) is 13.7. The molecule has 0 spiro atoms. The van der Waals surface area contributed by atoms with Gasteiger partial charge in [0.15, 0.2) is 11.6 Å². The minimum atomic E-state index is -0.372. The number of ether oxygens (including phenoxy) is 2. The maximum atomic E-state index is 14.0. The number of halogens is 1. The first kappa shape index (κ1) is 14.1. The first-order valence-corrected chi connectivity index (χ1v) is 6.57. The number of hydrogen-bond donors (Lipinski definition) is 1. The van der Waals surface area contributed by atoms with E-state index >= 15 is 0 Å². The van der Waals surface area contributed by atoms with Crippen molar-refractivity contribution in [3.63, 3.8) is 0 Å². The quantitative estimate of drug-likeness (QED) is 0.883. The molecular formula is C13H20FN3O2. The molecule has 1 fully saturated rings. The van der Waals surface area contributed by atoms with E-state index in [1.165, 1.54) is 6.33 Å². The lowest BCUT2D eigenvalue weighted by Gasteiger charge is -2.36. The van der Waals surface area contributed by atoms with Crippen molar-refractivity contribution < 1.29 is 13.9 Å². The molecule has 0 aliphatic carbocycles. The average molecular weight is 269 g/mol. The lowest BCUT2D eigenvalue weighted by Crippen LogP contribution is -2.44. The predicted molar refractivity (Wildman–Crippen MR) is 69.7 cm³/mol. The minimum absolute atomic E-state index is 0.245. The van der Waals surface area contributed by atoms with Crippen LogP contribution in [0.4, 0.5) is 10.2 Å². The molecule has 0 bridgehead atoms. The van der Waals surface area contributed by atoms with Crippen molar-refractivity contribution in [2.75, 3.05) is 32.2 Å². The molecule has 1 aromatic rings. The Hall–Kier alpha value is -1.27.